The molecule has 0 aliphatic carbocycles. The average Bonchev–Trinajstić information content (AvgIpc) is 2.42. The maximum absolute atomic E-state index is 13.1. The number of halogens is 1. The number of aromatic hydroxyl groups is 1. The molecule has 2 aromatic carbocycles. The Morgan fingerprint density at radius 3 is 2.65 bits per heavy atom. The molecule has 104 valence electrons. The second-order valence-electron chi connectivity index (χ2n) is 4.31. The lowest BCUT2D eigenvalue weighted by Gasteiger charge is -2.21. The highest BCUT2D eigenvalue weighted by molar-refractivity contribution is 6.06. The number of hydrogen-bond donors (Lipinski definition) is 2. The van der Waals surface area contributed by atoms with Gasteiger partial charge in [0.1, 0.15) is 11.6 Å². The van der Waals surface area contributed by atoms with Crippen LogP contribution in [-0.4, -0.2) is 17.6 Å². The van der Waals surface area contributed by atoms with Crippen molar-refractivity contribution in [1.29, 1.82) is 0 Å². The molecule has 0 unspecified atom stereocenters. The van der Waals surface area contributed by atoms with E-state index in [1.54, 1.807) is 12.1 Å². The van der Waals surface area contributed by atoms with E-state index in [4.69, 9.17) is 5.73 Å². The first-order valence-corrected chi connectivity index (χ1v) is 6.19. The van der Waals surface area contributed by atoms with Crippen LogP contribution in [0.4, 0.5) is 15.8 Å². The smallest absolute Gasteiger partial charge is 0.258 e. The fraction of sp³-hybridized carbons (Fsp3) is 0.133. The first-order chi connectivity index (χ1) is 9.52. The number of nitrogens with zero attached hydrogens (tertiary/aromatic N) is 1. The minimum absolute atomic E-state index is 0.0668. The zero-order chi connectivity index (χ0) is 14.7. The first kappa shape index (κ1) is 13.9. The van der Waals surface area contributed by atoms with Crippen LogP contribution in [0, 0.1) is 5.82 Å². The summed E-state index contributed by atoms with van der Waals surface area (Å²) in [6, 6.07) is 10.3. The number of amides is 1. The van der Waals surface area contributed by atoms with Gasteiger partial charge in [-0.3, -0.25) is 4.79 Å². The number of anilines is 2. The standard InChI is InChI=1S/C15H15FN2O2/c1-2-18(11-4-3-5-12(19)9-11)15(20)10-6-7-13(16)14(17)8-10/h3-9,19H,2,17H2,1H3. The second kappa shape index (κ2) is 5.61. The van der Waals surface area contributed by atoms with Gasteiger partial charge in [-0.2, -0.15) is 0 Å². The van der Waals surface area contributed by atoms with Crippen molar-refractivity contribution in [3.63, 3.8) is 0 Å². The van der Waals surface area contributed by atoms with Crippen LogP contribution < -0.4 is 10.6 Å². The fourth-order valence-corrected chi connectivity index (χ4v) is 1.94. The number of phenols is 1. The van der Waals surface area contributed by atoms with Crippen LogP contribution in [-0.2, 0) is 0 Å². The minimum Gasteiger partial charge on any atom is -0.508 e. The molecule has 0 aliphatic heterocycles. The zero-order valence-corrected chi connectivity index (χ0v) is 11.0. The second-order valence-corrected chi connectivity index (χ2v) is 4.31. The number of benzene rings is 2. The van der Waals surface area contributed by atoms with Crippen LogP contribution in [0.5, 0.6) is 5.75 Å². The van der Waals surface area contributed by atoms with E-state index in [0.29, 0.717) is 17.8 Å². The third kappa shape index (κ3) is 2.71. The van der Waals surface area contributed by atoms with Gasteiger partial charge in [0.15, 0.2) is 0 Å². The molecule has 5 heteroatoms. The summed E-state index contributed by atoms with van der Waals surface area (Å²) in [5.41, 5.74) is 6.28. The van der Waals surface area contributed by atoms with Crippen molar-refractivity contribution in [2.45, 2.75) is 6.92 Å². The highest BCUT2D eigenvalue weighted by atomic mass is 19.1. The molecule has 0 radical (unpaired) electrons. The van der Waals surface area contributed by atoms with Crippen LogP contribution in [0.3, 0.4) is 0 Å². The van der Waals surface area contributed by atoms with Crippen molar-refractivity contribution in [2.75, 3.05) is 17.2 Å². The number of rotatable bonds is 3. The molecule has 2 rings (SSSR count). The Morgan fingerprint density at radius 1 is 1.30 bits per heavy atom. The van der Waals surface area contributed by atoms with Crippen molar-refractivity contribution in [2.24, 2.45) is 0 Å². The van der Waals surface area contributed by atoms with Gasteiger partial charge in [-0.05, 0) is 37.3 Å². The summed E-state index contributed by atoms with van der Waals surface area (Å²) >= 11 is 0. The summed E-state index contributed by atoms with van der Waals surface area (Å²) in [6.07, 6.45) is 0. The molecule has 0 saturated carbocycles. The lowest BCUT2D eigenvalue weighted by molar-refractivity contribution is 0.0988. The van der Waals surface area contributed by atoms with Gasteiger partial charge in [0.25, 0.3) is 5.91 Å². The SMILES string of the molecule is CCN(C(=O)c1ccc(F)c(N)c1)c1cccc(O)c1. The van der Waals surface area contributed by atoms with Gasteiger partial charge >= 0.3 is 0 Å². The maximum Gasteiger partial charge on any atom is 0.258 e. The van der Waals surface area contributed by atoms with Crippen LogP contribution in [0.2, 0.25) is 0 Å². The highest BCUT2D eigenvalue weighted by Crippen LogP contribution is 2.22. The van der Waals surface area contributed by atoms with Gasteiger partial charge in [-0.15, -0.1) is 0 Å². The number of carbonyl (C=O) groups excluding carboxylic acids is 1. The molecule has 0 heterocycles. The number of carbonyl (C=O) groups is 1. The van der Waals surface area contributed by atoms with Crippen LogP contribution in [0.25, 0.3) is 0 Å². The van der Waals surface area contributed by atoms with E-state index in [0.717, 1.165) is 0 Å². The average molecular weight is 274 g/mol. The molecule has 0 saturated heterocycles. The Morgan fingerprint density at radius 2 is 2.05 bits per heavy atom. The predicted octanol–water partition coefficient (Wildman–Crippen LogP) is 2.78. The highest BCUT2D eigenvalue weighted by Gasteiger charge is 2.17. The summed E-state index contributed by atoms with van der Waals surface area (Å²) in [7, 11) is 0. The Kier molecular flexibility index (Phi) is 3.89. The van der Waals surface area contributed by atoms with Gasteiger partial charge in [0.05, 0.1) is 5.69 Å². The summed E-state index contributed by atoms with van der Waals surface area (Å²) in [4.78, 5) is 13.9. The van der Waals surface area contributed by atoms with Crippen molar-refractivity contribution in [3.05, 3.63) is 53.8 Å². The van der Waals surface area contributed by atoms with Gasteiger partial charge in [0.2, 0.25) is 0 Å². The van der Waals surface area contributed by atoms with Crippen LogP contribution in [0.1, 0.15) is 17.3 Å². The summed E-state index contributed by atoms with van der Waals surface area (Å²) < 4.78 is 13.1. The molecule has 0 atom stereocenters. The normalized spacial score (nSPS) is 10.3. The molecule has 20 heavy (non-hydrogen) atoms. The lowest BCUT2D eigenvalue weighted by atomic mass is 10.1. The molecule has 3 N–H and O–H groups in total. The molecule has 0 spiro atoms. The van der Waals surface area contributed by atoms with Gasteiger partial charge < -0.3 is 15.7 Å². The molecular formula is C15H15FN2O2. The Bertz CT molecular complexity index is 644. The number of nitrogens with two attached hydrogens (primary N) is 1. The van der Waals surface area contributed by atoms with E-state index in [1.807, 2.05) is 6.92 Å². The molecule has 4 nitrogen and oxygen atoms in total. The Balaban J connectivity index is 2.36. The molecule has 0 aliphatic rings. The van der Waals surface area contributed by atoms with E-state index in [2.05, 4.69) is 0 Å². The molecule has 0 aromatic heterocycles. The van der Waals surface area contributed by atoms with Gasteiger partial charge in [0, 0.05) is 23.9 Å². The zero-order valence-electron chi connectivity index (χ0n) is 11.0. The van der Waals surface area contributed by atoms with E-state index < -0.39 is 5.82 Å². The molecule has 1 amide bonds. The minimum atomic E-state index is -0.554. The van der Waals surface area contributed by atoms with Crippen molar-refractivity contribution >= 4 is 17.3 Å². The number of phenolic OH excluding ortho intramolecular Hbond substituents is 1. The summed E-state index contributed by atoms with van der Waals surface area (Å²) in [6.45, 7) is 2.23. The maximum atomic E-state index is 13.1. The summed E-state index contributed by atoms with van der Waals surface area (Å²) in [5, 5.41) is 9.48. The Labute approximate surface area is 116 Å². The van der Waals surface area contributed by atoms with Gasteiger partial charge in [-0.25, -0.2) is 4.39 Å². The van der Waals surface area contributed by atoms with Crippen LogP contribution >= 0.6 is 0 Å². The monoisotopic (exact) mass is 274 g/mol. The molecule has 0 bridgehead atoms. The number of nitrogen functional groups attached to an aromatic ring is 1. The molecule has 0 fully saturated rings. The third-order valence-electron chi connectivity index (χ3n) is 2.95. The van der Waals surface area contributed by atoms with E-state index >= 15 is 0 Å². The predicted molar refractivity (Wildman–Crippen MR) is 76.3 cm³/mol. The molecule has 2 aromatic rings. The van der Waals surface area contributed by atoms with Crippen molar-refractivity contribution in [1.82, 2.24) is 0 Å². The topological polar surface area (TPSA) is 66.6 Å². The fourth-order valence-electron chi connectivity index (χ4n) is 1.94. The van der Waals surface area contributed by atoms with Crippen LogP contribution in [0.15, 0.2) is 42.5 Å². The van der Waals surface area contributed by atoms with E-state index in [9.17, 15) is 14.3 Å². The van der Waals surface area contributed by atoms with E-state index in [-0.39, 0.29) is 17.3 Å². The third-order valence-corrected chi connectivity index (χ3v) is 2.95. The van der Waals surface area contributed by atoms with Crippen molar-refractivity contribution in [3.8, 4) is 5.75 Å². The lowest BCUT2D eigenvalue weighted by Crippen LogP contribution is -2.30. The first-order valence-electron chi connectivity index (χ1n) is 6.19. The van der Waals surface area contributed by atoms with Crippen molar-refractivity contribution < 1.29 is 14.3 Å². The number of hydrogen-bond acceptors (Lipinski definition) is 3. The Hall–Kier alpha value is -2.56. The van der Waals surface area contributed by atoms with E-state index in [1.165, 1.54) is 35.2 Å². The van der Waals surface area contributed by atoms with Gasteiger partial charge in [-0.1, -0.05) is 6.07 Å². The molecular weight excluding hydrogens is 259 g/mol. The quantitative estimate of drug-likeness (QED) is 0.846. The largest absolute Gasteiger partial charge is 0.508 e. The summed E-state index contributed by atoms with van der Waals surface area (Å²) in [5.74, 6) is -0.779.